The molecule has 0 unspecified atom stereocenters. The van der Waals surface area contributed by atoms with Crippen LogP contribution < -0.4 is 14.8 Å². The van der Waals surface area contributed by atoms with E-state index in [4.69, 9.17) is 21.1 Å². The zero-order valence-corrected chi connectivity index (χ0v) is 15.9. The van der Waals surface area contributed by atoms with Crippen LogP contribution in [0.2, 0.25) is 5.02 Å². The number of ether oxygens (including phenoxy) is 2. The third kappa shape index (κ3) is 4.33. The van der Waals surface area contributed by atoms with Crippen molar-refractivity contribution in [2.24, 2.45) is 0 Å². The molecule has 0 fully saturated rings. The molecule has 26 heavy (non-hydrogen) atoms. The number of hydrogen-bond donors (Lipinski definition) is 1. The van der Waals surface area contributed by atoms with E-state index >= 15 is 0 Å². The molecule has 0 radical (unpaired) electrons. The number of amides is 1. The van der Waals surface area contributed by atoms with Gasteiger partial charge in [-0.05, 0) is 24.3 Å². The molecule has 5 nitrogen and oxygen atoms in total. The first kappa shape index (κ1) is 18.2. The highest BCUT2D eigenvalue weighted by Gasteiger charge is 2.12. The van der Waals surface area contributed by atoms with Crippen molar-refractivity contribution in [3.8, 4) is 22.1 Å². The van der Waals surface area contributed by atoms with Crippen molar-refractivity contribution in [3.05, 3.63) is 58.6 Å². The Morgan fingerprint density at radius 1 is 1.15 bits per heavy atom. The molecule has 0 aliphatic rings. The highest BCUT2D eigenvalue weighted by molar-refractivity contribution is 7.13. The number of anilines is 1. The van der Waals surface area contributed by atoms with Gasteiger partial charge in [-0.1, -0.05) is 23.7 Å². The highest BCUT2D eigenvalue weighted by Crippen LogP contribution is 2.29. The maximum atomic E-state index is 12.3. The molecule has 0 saturated carbocycles. The Bertz CT molecular complexity index is 909. The van der Waals surface area contributed by atoms with Crippen molar-refractivity contribution in [1.29, 1.82) is 0 Å². The molecule has 0 aliphatic carbocycles. The van der Waals surface area contributed by atoms with E-state index in [0.29, 0.717) is 27.9 Å². The van der Waals surface area contributed by atoms with E-state index in [2.05, 4.69) is 10.3 Å². The quantitative estimate of drug-likeness (QED) is 0.667. The summed E-state index contributed by atoms with van der Waals surface area (Å²) < 4.78 is 10.4. The van der Waals surface area contributed by atoms with Crippen molar-refractivity contribution >= 4 is 34.5 Å². The molecular formula is C19H17ClN2O3S. The predicted octanol–water partition coefficient (Wildman–Crippen LogP) is 4.66. The number of halogens is 1. The summed E-state index contributed by atoms with van der Waals surface area (Å²) in [5.74, 6) is 1.03. The molecule has 7 heteroatoms. The van der Waals surface area contributed by atoms with Crippen LogP contribution in [0.4, 0.5) is 5.69 Å². The molecule has 1 N–H and O–H groups in total. The van der Waals surface area contributed by atoms with Gasteiger partial charge in [-0.3, -0.25) is 4.79 Å². The smallest absolute Gasteiger partial charge is 0.230 e. The molecule has 1 heterocycles. The van der Waals surface area contributed by atoms with Crippen LogP contribution in [0.1, 0.15) is 5.69 Å². The van der Waals surface area contributed by atoms with E-state index in [1.165, 1.54) is 11.3 Å². The van der Waals surface area contributed by atoms with Crippen molar-refractivity contribution in [2.75, 3.05) is 19.5 Å². The van der Waals surface area contributed by atoms with Crippen molar-refractivity contribution in [2.45, 2.75) is 6.42 Å². The van der Waals surface area contributed by atoms with E-state index in [-0.39, 0.29) is 12.3 Å². The molecule has 0 aliphatic heterocycles. The molecule has 134 valence electrons. The van der Waals surface area contributed by atoms with Gasteiger partial charge in [0.15, 0.2) is 0 Å². The average molecular weight is 389 g/mol. The molecule has 0 bridgehead atoms. The second-order valence-electron chi connectivity index (χ2n) is 5.44. The Labute approximate surface area is 160 Å². The van der Waals surface area contributed by atoms with Crippen LogP contribution in [0, 0.1) is 0 Å². The van der Waals surface area contributed by atoms with Gasteiger partial charge in [-0.2, -0.15) is 0 Å². The lowest BCUT2D eigenvalue weighted by Crippen LogP contribution is -2.15. The van der Waals surface area contributed by atoms with Crippen molar-refractivity contribution in [1.82, 2.24) is 4.98 Å². The summed E-state index contributed by atoms with van der Waals surface area (Å²) in [5, 5.41) is 6.26. The summed E-state index contributed by atoms with van der Waals surface area (Å²) in [4.78, 5) is 16.9. The number of aromatic nitrogens is 1. The Kier molecular flexibility index (Phi) is 5.75. The third-order valence-electron chi connectivity index (χ3n) is 3.67. The van der Waals surface area contributed by atoms with Gasteiger partial charge in [0, 0.05) is 22.0 Å². The van der Waals surface area contributed by atoms with E-state index in [1.807, 2.05) is 29.6 Å². The maximum absolute atomic E-state index is 12.3. The normalized spacial score (nSPS) is 10.4. The molecule has 1 amide bonds. The van der Waals surface area contributed by atoms with Gasteiger partial charge in [-0.25, -0.2) is 4.98 Å². The minimum absolute atomic E-state index is 0.165. The lowest BCUT2D eigenvalue weighted by Gasteiger charge is -2.11. The number of hydrogen-bond acceptors (Lipinski definition) is 5. The minimum atomic E-state index is -0.165. The Morgan fingerprint density at radius 2 is 1.92 bits per heavy atom. The Balaban J connectivity index is 1.68. The van der Waals surface area contributed by atoms with Gasteiger partial charge in [0.05, 0.1) is 32.0 Å². The number of carbonyl (C=O) groups excluding carboxylic acids is 1. The number of rotatable bonds is 6. The summed E-state index contributed by atoms with van der Waals surface area (Å²) >= 11 is 7.40. The summed E-state index contributed by atoms with van der Waals surface area (Å²) in [6, 6.07) is 12.7. The van der Waals surface area contributed by atoms with Crippen LogP contribution in [-0.4, -0.2) is 25.1 Å². The van der Waals surface area contributed by atoms with Crippen LogP contribution in [-0.2, 0) is 11.2 Å². The topological polar surface area (TPSA) is 60.5 Å². The summed E-state index contributed by atoms with van der Waals surface area (Å²) in [7, 11) is 3.12. The number of nitrogens with one attached hydrogen (secondary N) is 1. The van der Waals surface area contributed by atoms with Crippen LogP contribution >= 0.6 is 22.9 Å². The number of benzene rings is 2. The second-order valence-corrected chi connectivity index (χ2v) is 6.74. The highest BCUT2D eigenvalue weighted by atomic mass is 35.5. The largest absolute Gasteiger partial charge is 0.497 e. The summed E-state index contributed by atoms with van der Waals surface area (Å²) in [6.45, 7) is 0. The summed E-state index contributed by atoms with van der Waals surface area (Å²) in [6.07, 6.45) is 0.180. The zero-order valence-electron chi connectivity index (χ0n) is 14.3. The maximum Gasteiger partial charge on any atom is 0.230 e. The van der Waals surface area contributed by atoms with E-state index < -0.39 is 0 Å². The van der Waals surface area contributed by atoms with E-state index in [9.17, 15) is 4.79 Å². The predicted molar refractivity (Wildman–Crippen MR) is 104 cm³/mol. The second kappa shape index (κ2) is 8.21. The number of nitrogens with zero attached hydrogens (tertiary/aromatic N) is 1. The van der Waals surface area contributed by atoms with Gasteiger partial charge >= 0.3 is 0 Å². The molecule has 0 saturated heterocycles. The zero-order chi connectivity index (χ0) is 18.5. The standard InChI is InChI=1S/C19H17ClN2O3S/c1-24-15-7-8-16(17(10-15)25-2)22-18(23)9-14-11-26-19(21-14)12-3-5-13(20)6-4-12/h3-8,10-11H,9H2,1-2H3,(H,22,23). The SMILES string of the molecule is COc1ccc(NC(=O)Cc2csc(-c3ccc(Cl)cc3)n2)c(OC)c1. The molecule has 1 aromatic heterocycles. The van der Waals surface area contributed by atoms with Gasteiger partial charge in [-0.15, -0.1) is 11.3 Å². The van der Waals surface area contributed by atoms with Gasteiger partial charge in [0.25, 0.3) is 0 Å². The van der Waals surface area contributed by atoms with Crippen molar-refractivity contribution in [3.63, 3.8) is 0 Å². The number of methoxy groups -OCH3 is 2. The fourth-order valence-electron chi connectivity index (χ4n) is 2.37. The van der Waals surface area contributed by atoms with Crippen LogP contribution in [0.25, 0.3) is 10.6 Å². The first-order chi connectivity index (χ1) is 12.6. The number of carbonyl (C=O) groups is 1. The summed E-state index contributed by atoms with van der Waals surface area (Å²) in [5.41, 5.74) is 2.28. The van der Waals surface area contributed by atoms with Crippen LogP contribution in [0.3, 0.4) is 0 Å². The van der Waals surface area contributed by atoms with Crippen LogP contribution in [0.15, 0.2) is 47.8 Å². The Morgan fingerprint density at radius 3 is 2.62 bits per heavy atom. The van der Waals surface area contributed by atoms with Gasteiger partial charge in [0.1, 0.15) is 16.5 Å². The molecule has 3 aromatic rings. The molecule has 0 atom stereocenters. The fourth-order valence-corrected chi connectivity index (χ4v) is 3.33. The van der Waals surface area contributed by atoms with Crippen LogP contribution in [0.5, 0.6) is 11.5 Å². The molecular weight excluding hydrogens is 372 g/mol. The van der Waals surface area contributed by atoms with E-state index in [0.717, 1.165) is 10.6 Å². The fraction of sp³-hybridized carbons (Fsp3) is 0.158. The third-order valence-corrected chi connectivity index (χ3v) is 4.86. The van der Waals surface area contributed by atoms with E-state index in [1.54, 1.807) is 32.4 Å². The average Bonchev–Trinajstić information content (AvgIpc) is 3.11. The lowest BCUT2D eigenvalue weighted by molar-refractivity contribution is -0.115. The number of thiazole rings is 1. The van der Waals surface area contributed by atoms with Gasteiger partial charge in [0.2, 0.25) is 5.91 Å². The van der Waals surface area contributed by atoms with Crippen molar-refractivity contribution < 1.29 is 14.3 Å². The minimum Gasteiger partial charge on any atom is -0.497 e. The first-order valence-electron chi connectivity index (χ1n) is 7.81. The Hall–Kier alpha value is -2.57. The monoisotopic (exact) mass is 388 g/mol. The molecule has 0 spiro atoms. The molecule has 3 rings (SSSR count). The first-order valence-corrected chi connectivity index (χ1v) is 9.07. The molecule has 2 aromatic carbocycles. The van der Waals surface area contributed by atoms with Gasteiger partial charge < -0.3 is 14.8 Å². The lowest BCUT2D eigenvalue weighted by atomic mass is 10.2.